The molecule has 0 bridgehead atoms. The van der Waals surface area contributed by atoms with Gasteiger partial charge in [0.25, 0.3) is 0 Å². The zero-order valence-corrected chi connectivity index (χ0v) is 24.7. The van der Waals surface area contributed by atoms with Crippen LogP contribution >= 0.6 is 0 Å². The smallest absolute Gasteiger partial charge is 0.418 e. The van der Waals surface area contributed by atoms with Crippen molar-refractivity contribution in [2.45, 2.75) is 90.5 Å². The zero-order chi connectivity index (χ0) is 28.6. The van der Waals surface area contributed by atoms with E-state index in [-0.39, 0.29) is 24.2 Å². The van der Waals surface area contributed by atoms with E-state index in [2.05, 4.69) is 24.0 Å². The molecule has 214 valence electrons. The third-order valence-electron chi connectivity index (χ3n) is 8.06. The van der Waals surface area contributed by atoms with Crippen LogP contribution in [-0.4, -0.2) is 53.5 Å². The van der Waals surface area contributed by atoms with E-state index in [4.69, 9.17) is 14.2 Å². The highest BCUT2D eigenvalue weighted by Crippen LogP contribution is 2.46. The Bertz CT molecular complexity index is 1380. The number of benzene rings is 2. The van der Waals surface area contributed by atoms with Crippen LogP contribution in [0.4, 0.5) is 4.79 Å². The second-order valence-corrected chi connectivity index (χ2v) is 12.2. The Hall–Kier alpha value is -3.16. The Balaban J connectivity index is 1.53. The van der Waals surface area contributed by atoms with Gasteiger partial charge in [0.2, 0.25) is 0 Å². The van der Waals surface area contributed by atoms with Crippen molar-refractivity contribution in [3.8, 4) is 0 Å². The number of piperidine rings is 1. The summed E-state index contributed by atoms with van der Waals surface area (Å²) in [6, 6.07) is 12.3. The topological polar surface area (TPSA) is 70.0 Å². The molecule has 1 saturated carbocycles. The van der Waals surface area contributed by atoms with Crippen LogP contribution in [0.25, 0.3) is 10.9 Å². The summed E-state index contributed by atoms with van der Waals surface area (Å²) in [6.07, 6.45) is 5.97. The molecular formula is C33H42N2O5. The number of rotatable bonds is 7. The van der Waals surface area contributed by atoms with Gasteiger partial charge in [0.05, 0.1) is 24.3 Å². The number of likely N-dealkylation sites (tertiary alicyclic amines) is 1. The van der Waals surface area contributed by atoms with E-state index in [1.807, 2.05) is 58.2 Å². The van der Waals surface area contributed by atoms with Gasteiger partial charge in [-0.1, -0.05) is 18.2 Å². The minimum atomic E-state index is -0.570. The summed E-state index contributed by atoms with van der Waals surface area (Å²) >= 11 is 0. The van der Waals surface area contributed by atoms with Crippen molar-refractivity contribution in [3.63, 3.8) is 0 Å². The van der Waals surface area contributed by atoms with E-state index in [0.717, 1.165) is 42.4 Å². The number of aromatic nitrogens is 1. The molecule has 3 aromatic rings. The van der Waals surface area contributed by atoms with Crippen LogP contribution in [0.1, 0.15) is 97.9 Å². The average Bonchev–Trinajstić information content (AvgIpc) is 3.66. The number of fused-ring (bicyclic) bond motifs is 1. The van der Waals surface area contributed by atoms with Crippen LogP contribution in [0.5, 0.6) is 0 Å². The number of ether oxygens (including phenoxy) is 3. The first-order chi connectivity index (χ1) is 19.1. The van der Waals surface area contributed by atoms with Crippen LogP contribution < -0.4 is 0 Å². The highest BCUT2D eigenvalue weighted by Gasteiger charge is 2.34. The molecule has 2 aliphatic rings. The van der Waals surface area contributed by atoms with Gasteiger partial charge in [-0.15, -0.1) is 0 Å². The van der Waals surface area contributed by atoms with E-state index in [0.29, 0.717) is 18.1 Å². The van der Waals surface area contributed by atoms with Gasteiger partial charge in [-0.25, -0.2) is 9.59 Å². The van der Waals surface area contributed by atoms with Crippen LogP contribution in [0.3, 0.4) is 0 Å². The van der Waals surface area contributed by atoms with Crippen LogP contribution in [0.15, 0.2) is 42.6 Å². The van der Waals surface area contributed by atoms with E-state index in [1.165, 1.54) is 36.6 Å². The summed E-state index contributed by atoms with van der Waals surface area (Å²) in [5, 5.41) is 1.12. The summed E-state index contributed by atoms with van der Waals surface area (Å²) in [7, 11) is 1.40. The number of nitrogens with zero attached hydrogens (tertiary/aromatic N) is 2. The summed E-state index contributed by atoms with van der Waals surface area (Å²) in [6.45, 7) is 12.2. The fourth-order valence-corrected chi connectivity index (χ4v) is 6.09. The average molecular weight is 547 g/mol. The second kappa shape index (κ2) is 11.4. The minimum Gasteiger partial charge on any atom is -0.465 e. The predicted molar refractivity (Wildman–Crippen MR) is 156 cm³/mol. The van der Waals surface area contributed by atoms with Gasteiger partial charge in [0, 0.05) is 37.3 Å². The summed E-state index contributed by atoms with van der Waals surface area (Å²) < 4.78 is 18.4. The summed E-state index contributed by atoms with van der Waals surface area (Å²) in [5.74, 6) is 0.242. The molecule has 7 nitrogen and oxygen atoms in total. The molecule has 0 spiro atoms. The number of aryl methyl sites for hydroxylation is 1. The SMILES string of the molecule is CCOC1CCN(Cc2c(C3CC3)cc(C)c3c2ccn3C(=O)OC(C)(C)C)C(c2ccc(C(=O)OC)cc2)C1. The Labute approximate surface area is 237 Å². The van der Waals surface area contributed by atoms with Gasteiger partial charge in [-0.05, 0) is 107 Å². The van der Waals surface area contributed by atoms with E-state index < -0.39 is 5.60 Å². The van der Waals surface area contributed by atoms with Crippen LogP contribution in [0.2, 0.25) is 0 Å². The zero-order valence-electron chi connectivity index (χ0n) is 24.7. The Kier molecular flexibility index (Phi) is 8.07. The van der Waals surface area contributed by atoms with Crippen molar-refractivity contribution >= 4 is 23.0 Å². The van der Waals surface area contributed by atoms with Crippen LogP contribution in [0, 0.1) is 6.92 Å². The first-order valence-corrected chi connectivity index (χ1v) is 14.5. The van der Waals surface area contributed by atoms with Crippen molar-refractivity contribution in [2.24, 2.45) is 0 Å². The quantitative estimate of drug-likeness (QED) is 0.293. The molecular weight excluding hydrogens is 504 g/mol. The fourth-order valence-electron chi connectivity index (χ4n) is 6.09. The van der Waals surface area contributed by atoms with Crippen molar-refractivity contribution in [2.75, 3.05) is 20.3 Å². The molecule has 5 rings (SSSR count). The summed E-state index contributed by atoms with van der Waals surface area (Å²) in [4.78, 5) is 27.7. The lowest BCUT2D eigenvalue weighted by Crippen LogP contribution is -2.39. The third-order valence-corrected chi connectivity index (χ3v) is 8.06. The number of carbonyl (C=O) groups excluding carboxylic acids is 2. The third kappa shape index (κ3) is 5.96. The molecule has 1 aliphatic carbocycles. The maximum atomic E-state index is 13.1. The highest BCUT2D eigenvalue weighted by atomic mass is 16.6. The molecule has 2 fully saturated rings. The van der Waals surface area contributed by atoms with Crippen LogP contribution in [-0.2, 0) is 20.8 Å². The molecule has 2 atom stereocenters. The fraction of sp³-hybridized carbons (Fsp3) is 0.515. The van der Waals surface area contributed by atoms with Crippen molar-refractivity contribution in [1.82, 2.24) is 9.47 Å². The monoisotopic (exact) mass is 546 g/mol. The van der Waals surface area contributed by atoms with Gasteiger partial charge in [0.1, 0.15) is 5.60 Å². The number of hydrogen-bond donors (Lipinski definition) is 0. The Morgan fingerprint density at radius 3 is 2.40 bits per heavy atom. The largest absolute Gasteiger partial charge is 0.465 e. The van der Waals surface area contributed by atoms with E-state index in [1.54, 1.807) is 4.57 Å². The molecule has 1 saturated heterocycles. The number of hydrogen-bond acceptors (Lipinski definition) is 6. The van der Waals surface area contributed by atoms with Gasteiger partial charge in [0.15, 0.2) is 0 Å². The molecule has 40 heavy (non-hydrogen) atoms. The highest BCUT2D eigenvalue weighted by molar-refractivity contribution is 5.94. The van der Waals surface area contributed by atoms with E-state index in [9.17, 15) is 9.59 Å². The normalized spacial score (nSPS) is 20.1. The molecule has 1 aliphatic heterocycles. The number of methoxy groups -OCH3 is 1. The first-order valence-electron chi connectivity index (χ1n) is 14.5. The Morgan fingerprint density at radius 2 is 1.77 bits per heavy atom. The van der Waals surface area contributed by atoms with Gasteiger partial charge in [-0.2, -0.15) is 0 Å². The van der Waals surface area contributed by atoms with Crippen molar-refractivity contribution < 1.29 is 23.8 Å². The number of esters is 1. The first kappa shape index (κ1) is 28.4. The maximum absolute atomic E-state index is 13.1. The van der Waals surface area contributed by atoms with Gasteiger partial charge < -0.3 is 14.2 Å². The van der Waals surface area contributed by atoms with Crippen molar-refractivity contribution in [1.29, 1.82) is 0 Å². The minimum absolute atomic E-state index is 0.147. The van der Waals surface area contributed by atoms with Crippen molar-refractivity contribution in [3.05, 3.63) is 70.4 Å². The molecule has 7 heteroatoms. The Morgan fingerprint density at radius 1 is 1.05 bits per heavy atom. The predicted octanol–water partition coefficient (Wildman–Crippen LogP) is 7.14. The standard InChI is InChI=1S/C33H42N2O5/c1-7-39-25-14-16-34(29(19-25)23-10-12-24(13-11-23)31(36)38-6)20-28-26-15-17-35(32(37)40-33(3,4)5)30(26)21(2)18-27(28)22-8-9-22/h10-13,15,17-18,22,25,29H,7-9,14,16,19-20H2,1-6H3. The lowest BCUT2D eigenvalue weighted by atomic mass is 9.90. The summed E-state index contributed by atoms with van der Waals surface area (Å²) in [5.41, 5.74) is 5.88. The maximum Gasteiger partial charge on any atom is 0.418 e. The molecule has 2 unspecified atom stereocenters. The second-order valence-electron chi connectivity index (χ2n) is 12.2. The number of carbonyl (C=O) groups is 2. The molecule has 2 heterocycles. The molecule has 1 aromatic heterocycles. The van der Waals surface area contributed by atoms with E-state index >= 15 is 0 Å². The molecule has 2 aromatic carbocycles. The van der Waals surface area contributed by atoms with Gasteiger partial charge in [-0.3, -0.25) is 9.47 Å². The lowest BCUT2D eigenvalue weighted by Gasteiger charge is -2.40. The molecule has 0 N–H and O–H groups in total. The molecule has 0 amide bonds. The lowest BCUT2D eigenvalue weighted by molar-refractivity contribution is -0.0137. The van der Waals surface area contributed by atoms with Gasteiger partial charge >= 0.3 is 12.1 Å². The molecule has 0 radical (unpaired) electrons.